The Morgan fingerprint density at radius 3 is 2.36 bits per heavy atom. The fourth-order valence-electron chi connectivity index (χ4n) is 3.71. The van der Waals surface area contributed by atoms with Gasteiger partial charge in [0.25, 0.3) is 15.9 Å². The lowest BCUT2D eigenvalue weighted by atomic mass is 10.0. The van der Waals surface area contributed by atoms with Gasteiger partial charge in [0, 0.05) is 6.54 Å². The van der Waals surface area contributed by atoms with E-state index in [1.165, 1.54) is 7.11 Å². The van der Waals surface area contributed by atoms with Crippen LogP contribution < -0.4 is 21.5 Å². The molecule has 11 heteroatoms. The van der Waals surface area contributed by atoms with Crippen molar-refractivity contribution in [3.63, 3.8) is 0 Å². The van der Waals surface area contributed by atoms with Gasteiger partial charge >= 0.3 is 0 Å². The Morgan fingerprint density at radius 2 is 1.88 bits per heavy atom. The van der Waals surface area contributed by atoms with E-state index < -0.39 is 28.0 Å². The number of hydrogen-bond donors (Lipinski definition) is 4. The third-order valence-electron chi connectivity index (χ3n) is 5.43. The van der Waals surface area contributed by atoms with E-state index in [-0.39, 0.29) is 29.6 Å². The molecule has 2 atom stereocenters. The second-order valence-electron chi connectivity index (χ2n) is 8.54. The standard InChI is InChI=1S/C22H37N5O5S/c1-13(2)10-17(12-28)27(21(29)18(23)8-7-9-26-22(24)25)33(30,31)20-14(3)11-19(32-6)15(4)16(20)5/h11-13,17-18H,7-10,23H2,1-6H3,(H4,24,25,26)/t17-,18-/m0/s1. The lowest BCUT2D eigenvalue weighted by molar-refractivity contribution is -0.132. The number of rotatable bonds is 12. The van der Waals surface area contributed by atoms with Crippen LogP contribution in [0.4, 0.5) is 0 Å². The van der Waals surface area contributed by atoms with Crippen LogP contribution in [0, 0.1) is 32.1 Å². The van der Waals surface area contributed by atoms with Crippen molar-refractivity contribution < 1.29 is 22.7 Å². The zero-order chi connectivity index (χ0) is 25.5. The minimum Gasteiger partial charge on any atom is -0.496 e. The average molecular weight is 484 g/mol. The van der Waals surface area contributed by atoms with E-state index in [0.29, 0.717) is 46.0 Å². The lowest BCUT2D eigenvalue weighted by Crippen LogP contribution is -2.52. The fourth-order valence-corrected chi connectivity index (χ4v) is 5.78. The number of aryl methyl sites for hydroxylation is 1. The molecule has 10 nitrogen and oxygen atoms in total. The number of methoxy groups -OCH3 is 1. The number of amides is 1. The highest BCUT2D eigenvalue weighted by Crippen LogP contribution is 2.33. The Kier molecular flexibility index (Phi) is 10.3. The molecular formula is C22H37N5O5S. The third kappa shape index (κ3) is 6.91. The maximum absolute atomic E-state index is 13.9. The molecule has 0 spiro atoms. The van der Waals surface area contributed by atoms with Gasteiger partial charge in [-0.2, -0.15) is 0 Å². The quantitative estimate of drug-likeness (QED) is 0.149. The summed E-state index contributed by atoms with van der Waals surface area (Å²) >= 11 is 0. The van der Waals surface area contributed by atoms with Crippen LogP contribution in [0.2, 0.25) is 0 Å². The molecule has 0 aromatic heterocycles. The fraction of sp³-hybridized carbons (Fsp3) is 0.591. The van der Waals surface area contributed by atoms with Crippen LogP contribution in [0.25, 0.3) is 0 Å². The van der Waals surface area contributed by atoms with Crippen LogP contribution in [0.3, 0.4) is 0 Å². The summed E-state index contributed by atoms with van der Waals surface area (Å²) in [7, 11) is -2.91. The van der Waals surface area contributed by atoms with Gasteiger partial charge in [-0.05, 0) is 68.7 Å². The summed E-state index contributed by atoms with van der Waals surface area (Å²) in [5.74, 6) is -0.562. The molecule has 0 aliphatic carbocycles. The maximum Gasteiger partial charge on any atom is 0.267 e. The predicted octanol–water partition coefficient (Wildman–Crippen LogP) is 1.34. The highest BCUT2D eigenvalue weighted by atomic mass is 32.2. The molecule has 1 rings (SSSR count). The monoisotopic (exact) mass is 483 g/mol. The summed E-state index contributed by atoms with van der Waals surface area (Å²) in [6.45, 7) is 8.99. The van der Waals surface area contributed by atoms with Crippen LogP contribution in [0.15, 0.2) is 11.0 Å². The van der Waals surface area contributed by atoms with Crippen molar-refractivity contribution in [2.24, 2.45) is 17.4 Å². The van der Waals surface area contributed by atoms with E-state index in [2.05, 4.69) is 5.32 Å². The number of sulfonamides is 1. The van der Waals surface area contributed by atoms with Crippen molar-refractivity contribution >= 4 is 28.2 Å². The molecule has 0 fully saturated rings. The highest BCUT2D eigenvalue weighted by molar-refractivity contribution is 7.89. The van der Waals surface area contributed by atoms with Crippen LogP contribution >= 0.6 is 0 Å². The van der Waals surface area contributed by atoms with Crippen LogP contribution in [0.1, 0.15) is 49.8 Å². The molecule has 1 aromatic rings. The summed E-state index contributed by atoms with van der Waals surface area (Å²) < 4.78 is 33.7. The molecule has 1 amide bonds. The average Bonchev–Trinajstić information content (AvgIpc) is 2.72. The number of nitrogens with two attached hydrogens (primary N) is 2. The second-order valence-corrected chi connectivity index (χ2v) is 10.3. The molecule has 0 aliphatic rings. The van der Waals surface area contributed by atoms with Crippen molar-refractivity contribution in [1.82, 2.24) is 9.62 Å². The number of benzene rings is 1. The first-order chi connectivity index (χ1) is 15.3. The molecule has 0 unspecified atom stereocenters. The second kappa shape index (κ2) is 12.0. The highest BCUT2D eigenvalue weighted by Gasteiger charge is 2.40. The molecule has 0 saturated heterocycles. The number of carbonyl (C=O) groups is 2. The van der Waals surface area contributed by atoms with E-state index in [1.54, 1.807) is 26.8 Å². The minimum atomic E-state index is -4.41. The van der Waals surface area contributed by atoms with E-state index in [1.807, 2.05) is 13.8 Å². The molecular weight excluding hydrogens is 446 g/mol. The van der Waals surface area contributed by atoms with Crippen LogP contribution in [0.5, 0.6) is 5.75 Å². The van der Waals surface area contributed by atoms with Crippen molar-refractivity contribution in [1.29, 1.82) is 5.41 Å². The largest absolute Gasteiger partial charge is 0.496 e. The number of ether oxygens (including phenoxy) is 1. The number of nitrogens with one attached hydrogen (secondary N) is 2. The topological polar surface area (TPSA) is 169 Å². The van der Waals surface area contributed by atoms with Gasteiger partial charge in [0.1, 0.15) is 18.1 Å². The van der Waals surface area contributed by atoms with Gasteiger partial charge in [-0.3, -0.25) is 10.2 Å². The Morgan fingerprint density at radius 1 is 1.27 bits per heavy atom. The zero-order valence-corrected chi connectivity index (χ0v) is 21.1. The Hall–Kier alpha value is -2.66. The van der Waals surface area contributed by atoms with E-state index in [4.69, 9.17) is 21.6 Å². The first kappa shape index (κ1) is 28.4. The first-order valence-electron chi connectivity index (χ1n) is 10.8. The number of guanidine groups is 1. The number of hydrogen-bond acceptors (Lipinski definition) is 7. The summed E-state index contributed by atoms with van der Waals surface area (Å²) in [5, 5.41) is 9.79. The Labute approximate surface area is 196 Å². The number of carbonyl (C=O) groups excluding carboxylic acids is 2. The smallest absolute Gasteiger partial charge is 0.267 e. The van der Waals surface area contributed by atoms with Crippen molar-refractivity contribution in [2.75, 3.05) is 13.7 Å². The SMILES string of the molecule is COc1cc(C)c(S(=O)(=O)N(C(=O)[C@@H](N)CCCNC(=N)N)[C@H](C=O)CC(C)C)c(C)c1C. The Balaban J connectivity index is 3.51. The summed E-state index contributed by atoms with van der Waals surface area (Å²) in [6, 6.07) is -0.739. The first-order valence-corrected chi connectivity index (χ1v) is 12.2. The van der Waals surface area contributed by atoms with Crippen LogP contribution in [-0.2, 0) is 19.6 Å². The maximum atomic E-state index is 13.9. The molecule has 186 valence electrons. The molecule has 33 heavy (non-hydrogen) atoms. The van der Waals surface area contributed by atoms with Crippen molar-refractivity contribution in [3.8, 4) is 5.75 Å². The van der Waals surface area contributed by atoms with Gasteiger partial charge < -0.3 is 26.3 Å². The molecule has 0 heterocycles. The Bertz CT molecular complexity index is 978. The van der Waals surface area contributed by atoms with Gasteiger partial charge in [0.15, 0.2) is 5.96 Å². The molecule has 0 radical (unpaired) electrons. The van der Waals surface area contributed by atoms with Gasteiger partial charge in [-0.1, -0.05) is 13.8 Å². The number of nitrogens with zero attached hydrogens (tertiary/aromatic N) is 1. The molecule has 0 saturated carbocycles. The molecule has 0 aliphatic heterocycles. The minimum absolute atomic E-state index is 0.0322. The van der Waals surface area contributed by atoms with Crippen LogP contribution in [-0.4, -0.2) is 56.6 Å². The van der Waals surface area contributed by atoms with Crippen molar-refractivity contribution in [3.05, 3.63) is 22.8 Å². The predicted molar refractivity (Wildman–Crippen MR) is 128 cm³/mol. The van der Waals surface area contributed by atoms with Gasteiger partial charge in [-0.15, -0.1) is 0 Å². The zero-order valence-electron chi connectivity index (χ0n) is 20.3. The molecule has 0 bridgehead atoms. The summed E-state index contributed by atoms with van der Waals surface area (Å²) in [6.07, 6.45) is 1.19. The van der Waals surface area contributed by atoms with Gasteiger partial charge in [-0.25, -0.2) is 12.7 Å². The number of aldehydes is 1. The van der Waals surface area contributed by atoms with E-state index in [0.717, 1.165) is 0 Å². The molecule has 6 N–H and O–H groups in total. The van der Waals surface area contributed by atoms with Crippen molar-refractivity contribution in [2.45, 2.75) is 70.9 Å². The van der Waals surface area contributed by atoms with E-state index >= 15 is 0 Å². The van der Waals surface area contributed by atoms with Gasteiger partial charge in [0.05, 0.1) is 18.0 Å². The van der Waals surface area contributed by atoms with E-state index in [9.17, 15) is 18.0 Å². The normalized spacial score (nSPS) is 13.3. The lowest BCUT2D eigenvalue weighted by Gasteiger charge is -2.32. The summed E-state index contributed by atoms with van der Waals surface area (Å²) in [5.41, 5.74) is 12.8. The summed E-state index contributed by atoms with van der Waals surface area (Å²) in [4.78, 5) is 25.3. The third-order valence-corrected chi connectivity index (χ3v) is 7.54. The van der Waals surface area contributed by atoms with Gasteiger partial charge in [0.2, 0.25) is 0 Å². The molecule has 1 aromatic carbocycles.